The summed E-state index contributed by atoms with van der Waals surface area (Å²) < 4.78 is 0. The standard InChI is InChI=1S/C12H12ClNO2/c1-2-10-9(7-14)4-3-8(5-12(15)16)11(10)6-13/h3-4H,2,5-6H2,1H3,(H,15,16). The number of hydrogen-bond donors (Lipinski definition) is 1. The topological polar surface area (TPSA) is 61.1 Å². The number of carboxylic acid groups (broad SMARTS) is 1. The molecule has 0 saturated heterocycles. The number of nitrogens with zero attached hydrogens (tertiary/aromatic N) is 1. The molecule has 1 aromatic carbocycles. The smallest absolute Gasteiger partial charge is 0.307 e. The van der Waals surface area contributed by atoms with Gasteiger partial charge in [-0.3, -0.25) is 4.79 Å². The molecule has 0 aliphatic rings. The number of rotatable bonds is 4. The maximum atomic E-state index is 10.7. The van der Waals surface area contributed by atoms with Gasteiger partial charge in [0.1, 0.15) is 0 Å². The Morgan fingerprint density at radius 3 is 2.62 bits per heavy atom. The SMILES string of the molecule is CCc1c(C#N)ccc(CC(=O)O)c1CCl. The van der Waals surface area contributed by atoms with Crippen LogP contribution in [0.25, 0.3) is 0 Å². The van der Waals surface area contributed by atoms with Crippen LogP contribution < -0.4 is 0 Å². The second-order valence-electron chi connectivity index (χ2n) is 3.40. The van der Waals surface area contributed by atoms with Crippen molar-refractivity contribution in [1.29, 1.82) is 5.26 Å². The van der Waals surface area contributed by atoms with Crippen LogP contribution in [0, 0.1) is 11.3 Å². The summed E-state index contributed by atoms with van der Waals surface area (Å²) in [5.74, 6) is -0.653. The number of benzene rings is 1. The Hall–Kier alpha value is -1.53. The van der Waals surface area contributed by atoms with Gasteiger partial charge in [0, 0.05) is 5.88 Å². The van der Waals surface area contributed by atoms with E-state index in [4.69, 9.17) is 22.0 Å². The van der Waals surface area contributed by atoms with Crippen LogP contribution in [-0.4, -0.2) is 11.1 Å². The van der Waals surface area contributed by atoms with Crippen LogP contribution in [-0.2, 0) is 23.5 Å². The molecule has 0 aromatic heterocycles. The second kappa shape index (κ2) is 5.53. The van der Waals surface area contributed by atoms with Gasteiger partial charge < -0.3 is 5.11 Å². The number of hydrogen-bond acceptors (Lipinski definition) is 2. The highest BCUT2D eigenvalue weighted by Crippen LogP contribution is 2.22. The Labute approximate surface area is 99.3 Å². The maximum Gasteiger partial charge on any atom is 0.307 e. The molecule has 0 saturated carbocycles. The lowest BCUT2D eigenvalue weighted by atomic mass is 9.94. The third kappa shape index (κ3) is 2.53. The molecule has 4 heteroatoms. The Kier molecular flexibility index (Phi) is 4.33. The number of halogens is 1. The molecule has 0 fully saturated rings. The molecular weight excluding hydrogens is 226 g/mol. The van der Waals surface area contributed by atoms with E-state index >= 15 is 0 Å². The Bertz CT molecular complexity index is 449. The first-order valence-electron chi connectivity index (χ1n) is 4.95. The molecule has 3 nitrogen and oxygen atoms in total. The van der Waals surface area contributed by atoms with Gasteiger partial charge in [-0.2, -0.15) is 5.26 Å². The lowest BCUT2D eigenvalue weighted by Crippen LogP contribution is -2.06. The van der Waals surface area contributed by atoms with Crippen LogP contribution in [0.2, 0.25) is 0 Å². The molecule has 0 heterocycles. The van der Waals surface area contributed by atoms with Gasteiger partial charge in [-0.25, -0.2) is 0 Å². The van der Waals surface area contributed by atoms with Crippen LogP contribution in [0.3, 0.4) is 0 Å². The molecule has 0 bridgehead atoms. The number of alkyl halides is 1. The zero-order valence-corrected chi connectivity index (χ0v) is 9.71. The lowest BCUT2D eigenvalue weighted by Gasteiger charge is -2.11. The fourth-order valence-corrected chi connectivity index (χ4v) is 2.08. The molecule has 84 valence electrons. The van der Waals surface area contributed by atoms with E-state index in [0.717, 1.165) is 11.1 Å². The van der Waals surface area contributed by atoms with E-state index in [1.165, 1.54) is 0 Å². The predicted octanol–water partition coefficient (Wildman–Crippen LogP) is 2.49. The highest BCUT2D eigenvalue weighted by Gasteiger charge is 2.13. The Balaban J connectivity index is 3.32. The number of carboxylic acids is 1. The number of aliphatic carboxylic acids is 1. The number of nitriles is 1. The molecule has 1 N–H and O–H groups in total. The largest absolute Gasteiger partial charge is 0.481 e. The second-order valence-corrected chi connectivity index (χ2v) is 3.67. The fourth-order valence-electron chi connectivity index (χ4n) is 1.75. The van der Waals surface area contributed by atoms with Crippen molar-refractivity contribution in [3.63, 3.8) is 0 Å². The summed E-state index contributed by atoms with van der Waals surface area (Å²) in [6.45, 7) is 1.93. The minimum atomic E-state index is -0.891. The van der Waals surface area contributed by atoms with Crippen LogP contribution in [0.15, 0.2) is 12.1 Å². The van der Waals surface area contributed by atoms with E-state index in [2.05, 4.69) is 6.07 Å². The highest BCUT2D eigenvalue weighted by atomic mass is 35.5. The van der Waals surface area contributed by atoms with E-state index in [-0.39, 0.29) is 12.3 Å². The first kappa shape index (κ1) is 12.5. The first-order chi connectivity index (χ1) is 7.63. The Morgan fingerprint density at radius 1 is 1.50 bits per heavy atom. The van der Waals surface area contributed by atoms with Gasteiger partial charge in [-0.05, 0) is 29.2 Å². The average molecular weight is 238 g/mol. The van der Waals surface area contributed by atoms with Crippen LogP contribution in [0.5, 0.6) is 0 Å². The van der Waals surface area contributed by atoms with Crippen molar-refractivity contribution in [2.45, 2.75) is 25.6 Å². The first-order valence-corrected chi connectivity index (χ1v) is 5.49. The molecule has 0 spiro atoms. The third-order valence-corrected chi connectivity index (χ3v) is 2.74. The molecular formula is C12H12ClNO2. The van der Waals surface area contributed by atoms with Gasteiger partial charge in [-0.15, -0.1) is 11.6 Å². The van der Waals surface area contributed by atoms with Crippen molar-refractivity contribution in [2.75, 3.05) is 0 Å². The molecule has 16 heavy (non-hydrogen) atoms. The summed E-state index contributed by atoms with van der Waals surface area (Å²) in [4.78, 5) is 10.7. The van der Waals surface area contributed by atoms with Crippen molar-refractivity contribution in [3.05, 3.63) is 34.4 Å². The molecule has 0 aliphatic heterocycles. The van der Waals surface area contributed by atoms with Crippen LogP contribution >= 0.6 is 11.6 Å². The van der Waals surface area contributed by atoms with E-state index in [0.29, 0.717) is 17.5 Å². The van der Waals surface area contributed by atoms with Gasteiger partial charge in [-0.1, -0.05) is 13.0 Å². The summed E-state index contributed by atoms with van der Waals surface area (Å²) in [6.07, 6.45) is 0.624. The molecule has 0 radical (unpaired) electrons. The average Bonchev–Trinajstić information content (AvgIpc) is 2.27. The lowest BCUT2D eigenvalue weighted by molar-refractivity contribution is -0.136. The molecule has 1 aromatic rings. The normalized spacial score (nSPS) is 9.81. The van der Waals surface area contributed by atoms with Crippen molar-refractivity contribution in [3.8, 4) is 6.07 Å². The Morgan fingerprint density at radius 2 is 2.19 bits per heavy atom. The van der Waals surface area contributed by atoms with E-state index in [9.17, 15) is 4.79 Å². The van der Waals surface area contributed by atoms with E-state index in [1.807, 2.05) is 6.92 Å². The molecule has 0 amide bonds. The minimum absolute atomic E-state index is 0.0548. The summed E-state index contributed by atoms with van der Waals surface area (Å²) in [6, 6.07) is 5.43. The molecule has 0 unspecified atom stereocenters. The molecule has 0 aliphatic carbocycles. The monoisotopic (exact) mass is 237 g/mol. The van der Waals surface area contributed by atoms with Crippen molar-refractivity contribution in [1.82, 2.24) is 0 Å². The van der Waals surface area contributed by atoms with Crippen molar-refractivity contribution in [2.24, 2.45) is 0 Å². The molecule has 0 atom stereocenters. The quantitative estimate of drug-likeness (QED) is 0.819. The highest BCUT2D eigenvalue weighted by molar-refractivity contribution is 6.17. The maximum absolute atomic E-state index is 10.7. The van der Waals surface area contributed by atoms with Crippen LogP contribution in [0.1, 0.15) is 29.2 Å². The number of carbonyl (C=O) groups is 1. The summed E-state index contributed by atoms with van der Waals surface area (Å²) in [7, 11) is 0. The van der Waals surface area contributed by atoms with Gasteiger partial charge in [0.25, 0.3) is 0 Å². The van der Waals surface area contributed by atoms with Gasteiger partial charge >= 0.3 is 5.97 Å². The minimum Gasteiger partial charge on any atom is -0.481 e. The predicted molar refractivity (Wildman–Crippen MR) is 61.4 cm³/mol. The van der Waals surface area contributed by atoms with Crippen molar-refractivity contribution >= 4 is 17.6 Å². The van der Waals surface area contributed by atoms with Gasteiger partial charge in [0.15, 0.2) is 0 Å². The van der Waals surface area contributed by atoms with E-state index in [1.54, 1.807) is 12.1 Å². The van der Waals surface area contributed by atoms with Gasteiger partial charge in [0.2, 0.25) is 0 Å². The van der Waals surface area contributed by atoms with Gasteiger partial charge in [0.05, 0.1) is 18.1 Å². The zero-order chi connectivity index (χ0) is 12.1. The summed E-state index contributed by atoms with van der Waals surface area (Å²) in [5, 5.41) is 17.7. The molecule has 1 rings (SSSR count). The van der Waals surface area contributed by atoms with Crippen molar-refractivity contribution < 1.29 is 9.90 Å². The zero-order valence-electron chi connectivity index (χ0n) is 8.96. The summed E-state index contributed by atoms with van der Waals surface area (Å²) in [5.41, 5.74) is 2.91. The van der Waals surface area contributed by atoms with Crippen LogP contribution in [0.4, 0.5) is 0 Å². The summed E-state index contributed by atoms with van der Waals surface area (Å²) >= 11 is 5.83. The fraction of sp³-hybridized carbons (Fsp3) is 0.333. The third-order valence-electron chi connectivity index (χ3n) is 2.48. The van der Waals surface area contributed by atoms with E-state index < -0.39 is 5.97 Å².